The fraction of sp³-hybridized carbons (Fsp3) is 0.667. The molecule has 0 bridgehead atoms. The molecule has 1 aliphatic heterocycles. The van der Waals surface area contributed by atoms with Crippen molar-refractivity contribution >= 4 is 11.7 Å². The van der Waals surface area contributed by atoms with Crippen LogP contribution in [0.4, 0.5) is 0 Å². The Bertz CT molecular complexity index is 224. The minimum absolute atomic E-state index is 0.217. The first-order valence-corrected chi connectivity index (χ1v) is 4.15. The van der Waals surface area contributed by atoms with Gasteiger partial charge in [0, 0.05) is 12.8 Å². The molecule has 1 aliphatic rings. The normalized spacial score (nSPS) is 18.4. The molecule has 0 aromatic heterocycles. The second-order valence-electron chi connectivity index (χ2n) is 2.42. The van der Waals surface area contributed by atoms with E-state index < -0.39 is 0 Å². The standard InChI is InChI=1S/C6H12N4O4/c1-3-5(7-11)9-13-10(14-9)6(4-2)8-12/h11-12H,3-4H2,1-2H3. The third-order valence-corrected chi connectivity index (χ3v) is 1.58. The second-order valence-corrected chi connectivity index (χ2v) is 2.42. The Morgan fingerprint density at radius 2 is 1.36 bits per heavy atom. The van der Waals surface area contributed by atoms with Crippen LogP contribution in [0, 0.1) is 0 Å². The molecule has 14 heavy (non-hydrogen) atoms. The number of nitrogens with zero attached hydrogens (tertiary/aromatic N) is 4. The summed E-state index contributed by atoms with van der Waals surface area (Å²) in [6.07, 6.45) is 0.893. The Hall–Kier alpha value is -1.54. The number of rotatable bonds is 2. The van der Waals surface area contributed by atoms with Gasteiger partial charge < -0.3 is 10.4 Å². The molecule has 0 atom stereocenters. The molecule has 0 aliphatic carbocycles. The van der Waals surface area contributed by atoms with Crippen molar-refractivity contribution < 1.29 is 20.3 Å². The number of hydrogen-bond acceptors (Lipinski definition) is 6. The summed E-state index contributed by atoms with van der Waals surface area (Å²) in [6.45, 7) is 3.54. The van der Waals surface area contributed by atoms with Crippen molar-refractivity contribution in [1.82, 2.24) is 10.5 Å². The van der Waals surface area contributed by atoms with E-state index in [9.17, 15) is 0 Å². The van der Waals surface area contributed by atoms with Gasteiger partial charge in [-0.2, -0.15) is 0 Å². The van der Waals surface area contributed by atoms with Crippen molar-refractivity contribution in [2.24, 2.45) is 10.3 Å². The van der Waals surface area contributed by atoms with Gasteiger partial charge in [0.25, 0.3) is 0 Å². The van der Waals surface area contributed by atoms with E-state index in [0.29, 0.717) is 12.8 Å². The average molecular weight is 204 g/mol. The number of hydrogen-bond donors (Lipinski definition) is 2. The van der Waals surface area contributed by atoms with E-state index in [4.69, 9.17) is 20.3 Å². The summed E-state index contributed by atoms with van der Waals surface area (Å²) in [6, 6.07) is 0. The van der Waals surface area contributed by atoms with E-state index in [1.807, 2.05) is 0 Å². The highest BCUT2D eigenvalue weighted by molar-refractivity contribution is 5.82. The molecule has 0 spiro atoms. The van der Waals surface area contributed by atoms with Crippen LogP contribution < -0.4 is 0 Å². The topological polar surface area (TPSA) is 90.1 Å². The van der Waals surface area contributed by atoms with Crippen LogP contribution in [-0.4, -0.2) is 32.5 Å². The quantitative estimate of drug-likeness (QED) is 0.297. The maximum Gasteiger partial charge on any atom is 0.203 e. The summed E-state index contributed by atoms with van der Waals surface area (Å²) in [5.41, 5.74) is 0. The highest BCUT2D eigenvalue weighted by Gasteiger charge is 2.34. The Labute approximate surface area is 80.4 Å². The van der Waals surface area contributed by atoms with Crippen LogP contribution in [0.3, 0.4) is 0 Å². The van der Waals surface area contributed by atoms with Crippen molar-refractivity contribution in [3.05, 3.63) is 0 Å². The summed E-state index contributed by atoms with van der Waals surface area (Å²) in [5.74, 6) is 0.435. The lowest BCUT2D eigenvalue weighted by Gasteiger charge is -2.37. The fourth-order valence-electron chi connectivity index (χ4n) is 0.802. The van der Waals surface area contributed by atoms with Gasteiger partial charge in [-0.3, -0.25) is 0 Å². The van der Waals surface area contributed by atoms with Gasteiger partial charge in [-0.15, -0.1) is 0 Å². The van der Waals surface area contributed by atoms with E-state index in [2.05, 4.69) is 10.3 Å². The zero-order valence-electron chi connectivity index (χ0n) is 7.91. The molecule has 1 heterocycles. The van der Waals surface area contributed by atoms with Crippen LogP contribution in [0.25, 0.3) is 0 Å². The van der Waals surface area contributed by atoms with Gasteiger partial charge in [0.2, 0.25) is 11.7 Å². The lowest BCUT2D eigenvalue weighted by atomic mass is 10.4. The smallest absolute Gasteiger partial charge is 0.203 e. The number of oxime groups is 2. The van der Waals surface area contributed by atoms with Crippen molar-refractivity contribution in [3.8, 4) is 0 Å². The van der Waals surface area contributed by atoms with Crippen LogP contribution in [0.15, 0.2) is 10.3 Å². The fourth-order valence-corrected chi connectivity index (χ4v) is 0.802. The van der Waals surface area contributed by atoms with Gasteiger partial charge in [0.15, 0.2) is 0 Å². The molecule has 1 saturated heterocycles. The highest BCUT2D eigenvalue weighted by Crippen LogP contribution is 2.17. The second kappa shape index (κ2) is 4.63. The number of amidine groups is 2. The van der Waals surface area contributed by atoms with Crippen LogP contribution in [0.2, 0.25) is 0 Å². The summed E-state index contributed by atoms with van der Waals surface area (Å²) in [5, 5.41) is 24.7. The van der Waals surface area contributed by atoms with E-state index in [0.717, 1.165) is 10.5 Å². The summed E-state index contributed by atoms with van der Waals surface area (Å²) in [4.78, 5) is 9.78. The third kappa shape index (κ3) is 1.86. The molecule has 0 saturated carbocycles. The van der Waals surface area contributed by atoms with Crippen LogP contribution in [0.1, 0.15) is 26.7 Å². The zero-order valence-corrected chi connectivity index (χ0v) is 7.91. The highest BCUT2D eigenvalue weighted by atomic mass is 17.3. The minimum Gasteiger partial charge on any atom is -0.409 e. The predicted octanol–water partition coefficient (Wildman–Crippen LogP) is 0.693. The van der Waals surface area contributed by atoms with Gasteiger partial charge in [0.1, 0.15) is 0 Å². The van der Waals surface area contributed by atoms with E-state index in [1.165, 1.54) is 0 Å². The van der Waals surface area contributed by atoms with Gasteiger partial charge >= 0.3 is 0 Å². The molecule has 0 aromatic rings. The zero-order chi connectivity index (χ0) is 10.6. The molecular weight excluding hydrogens is 192 g/mol. The maximum atomic E-state index is 8.49. The largest absolute Gasteiger partial charge is 0.409 e. The van der Waals surface area contributed by atoms with Crippen LogP contribution >= 0.6 is 0 Å². The Kier molecular flexibility index (Phi) is 3.48. The van der Waals surface area contributed by atoms with Crippen molar-refractivity contribution in [2.45, 2.75) is 26.7 Å². The lowest BCUT2D eigenvalue weighted by Crippen LogP contribution is -2.55. The molecule has 8 heteroatoms. The molecule has 80 valence electrons. The van der Waals surface area contributed by atoms with Gasteiger partial charge in [-0.05, 0) is 0 Å². The Morgan fingerprint density at radius 1 is 1.00 bits per heavy atom. The molecular formula is C6H12N4O4. The number of hydroxylamine groups is 4. The Balaban J connectivity index is 2.44. The first-order chi connectivity index (χ1) is 6.76. The van der Waals surface area contributed by atoms with Gasteiger partial charge in [-0.25, -0.2) is 0 Å². The molecule has 8 nitrogen and oxygen atoms in total. The van der Waals surface area contributed by atoms with Crippen molar-refractivity contribution in [2.75, 3.05) is 0 Å². The first-order valence-electron chi connectivity index (χ1n) is 4.15. The lowest BCUT2D eigenvalue weighted by molar-refractivity contribution is -0.654. The molecule has 0 radical (unpaired) electrons. The molecule has 2 N–H and O–H groups in total. The molecule has 1 fully saturated rings. The van der Waals surface area contributed by atoms with E-state index in [1.54, 1.807) is 13.8 Å². The average Bonchev–Trinajstić information content (AvgIpc) is 2.16. The monoisotopic (exact) mass is 204 g/mol. The summed E-state index contributed by atoms with van der Waals surface area (Å²) in [7, 11) is 0. The van der Waals surface area contributed by atoms with Crippen LogP contribution in [0.5, 0.6) is 0 Å². The molecule has 1 rings (SSSR count). The minimum atomic E-state index is 0.217. The van der Waals surface area contributed by atoms with E-state index in [-0.39, 0.29) is 11.7 Å². The third-order valence-electron chi connectivity index (χ3n) is 1.58. The predicted molar refractivity (Wildman–Crippen MR) is 44.9 cm³/mol. The first kappa shape index (κ1) is 10.5. The van der Waals surface area contributed by atoms with Gasteiger partial charge in [0.05, 0.1) is 0 Å². The van der Waals surface area contributed by atoms with Crippen molar-refractivity contribution in [1.29, 1.82) is 0 Å². The summed E-state index contributed by atoms with van der Waals surface area (Å²) < 4.78 is 0. The Morgan fingerprint density at radius 3 is 1.57 bits per heavy atom. The SMILES string of the molecule is CCC(=NO)N1ON(C(CC)=NO)O1. The van der Waals surface area contributed by atoms with Crippen LogP contribution in [-0.2, 0) is 9.88 Å². The van der Waals surface area contributed by atoms with Gasteiger partial charge in [-0.1, -0.05) is 44.5 Å². The van der Waals surface area contributed by atoms with Crippen molar-refractivity contribution in [3.63, 3.8) is 0 Å². The summed E-state index contributed by atoms with van der Waals surface area (Å²) >= 11 is 0. The van der Waals surface area contributed by atoms with E-state index >= 15 is 0 Å². The molecule has 0 amide bonds. The maximum absolute atomic E-state index is 8.49. The molecule has 0 unspecified atom stereocenters. The molecule has 0 aromatic carbocycles.